The number of aliphatic hydroxyl groups excluding tert-OH is 2. The Kier molecular flexibility index (Phi) is 8.50. The van der Waals surface area contributed by atoms with Crippen LogP contribution in [0, 0.1) is 32.8 Å². The first-order valence-electron chi connectivity index (χ1n) is 13.7. The molecule has 42 heavy (non-hydrogen) atoms. The summed E-state index contributed by atoms with van der Waals surface area (Å²) in [5.41, 5.74) is -6.89. The van der Waals surface area contributed by atoms with Crippen LogP contribution in [-0.4, -0.2) is 93.9 Å². The number of nitrogens with one attached hydrogen (secondary N) is 1. The highest BCUT2D eigenvalue weighted by molar-refractivity contribution is 6.01. The number of alkyl halides is 1. The van der Waals surface area contributed by atoms with E-state index in [2.05, 4.69) is 10.2 Å². The number of amides is 1. The zero-order chi connectivity index (χ0) is 31.1. The van der Waals surface area contributed by atoms with E-state index < -0.39 is 82.2 Å². The molecule has 0 aromatic rings. The van der Waals surface area contributed by atoms with Gasteiger partial charge in [-0.2, -0.15) is 0 Å². The van der Waals surface area contributed by atoms with Crippen molar-refractivity contribution in [1.82, 2.24) is 5.32 Å². The van der Waals surface area contributed by atoms with Crippen LogP contribution in [0.25, 0.3) is 0 Å². The number of esters is 1. The van der Waals surface area contributed by atoms with Crippen LogP contribution in [0.4, 0.5) is 9.18 Å². The van der Waals surface area contributed by atoms with Gasteiger partial charge in [-0.1, -0.05) is 18.6 Å². The number of ketones is 2. The van der Waals surface area contributed by atoms with Gasteiger partial charge in [0.1, 0.15) is 6.54 Å². The molecule has 15 heteroatoms. The van der Waals surface area contributed by atoms with Gasteiger partial charge >= 0.3 is 12.1 Å². The molecule has 0 bridgehead atoms. The monoisotopic (exact) mass is 598 g/mol. The number of carbonyl (C=O) groups is 4. The predicted molar refractivity (Wildman–Crippen MR) is 138 cm³/mol. The molecule has 0 radical (unpaired) electrons. The minimum Gasteiger partial charge on any atom is -0.464 e. The third-order valence-electron chi connectivity index (χ3n) is 9.75. The van der Waals surface area contributed by atoms with Crippen LogP contribution in [0.1, 0.15) is 46.0 Å². The van der Waals surface area contributed by atoms with Crippen LogP contribution in [-0.2, 0) is 28.7 Å². The van der Waals surface area contributed by atoms with Gasteiger partial charge in [0.05, 0.1) is 25.4 Å². The molecular formula is C27H35FN2O12. The number of allylic oxidation sites excluding steroid dienone is 4. The molecule has 0 aromatic heterocycles. The van der Waals surface area contributed by atoms with Crippen molar-refractivity contribution in [1.29, 1.82) is 0 Å². The van der Waals surface area contributed by atoms with Crippen molar-refractivity contribution in [3.63, 3.8) is 0 Å². The number of hydrogen-bond donors (Lipinski definition) is 4. The minimum absolute atomic E-state index is 0.0406. The van der Waals surface area contributed by atoms with Crippen molar-refractivity contribution < 1.29 is 58.3 Å². The van der Waals surface area contributed by atoms with Crippen LogP contribution in [0.5, 0.6) is 0 Å². The molecule has 14 nitrogen and oxygen atoms in total. The van der Waals surface area contributed by atoms with Gasteiger partial charge in [0.15, 0.2) is 23.7 Å². The third-order valence-corrected chi connectivity index (χ3v) is 9.75. The van der Waals surface area contributed by atoms with E-state index in [0.29, 0.717) is 12.0 Å². The summed E-state index contributed by atoms with van der Waals surface area (Å²) in [5, 5.41) is 45.1. The number of ether oxygens (including phenoxy) is 2. The Labute approximate surface area is 240 Å². The molecule has 4 aliphatic rings. The zero-order valence-electron chi connectivity index (χ0n) is 23.2. The zero-order valence-corrected chi connectivity index (χ0v) is 23.2. The van der Waals surface area contributed by atoms with Crippen LogP contribution in [0.15, 0.2) is 23.8 Å². The molecule has 0 aliphatic heterocycles. The lowest BCUT2D eigenvalue weighted by atomic mass is 9.44. The second-order valence-electron chi connectivity index (χ2n) is 11.8. The van der Waals surface area contributed by atoms with Crippen molar-refractivity contribution in [2.45, 2.75) is 69.4 Å². The maximum atomic E-state index is 17.1. The summed E-state index contributed by atoms with van der Waals surface area (Å²) in [6, 6.07) is 0. The Balaban J connectivity index is 1.39. The molecule has 3 saturated carbocycles. The molecule has 0 spiro atoms. The number of nitrogens with zero attached hydrogens (tertiary/aromatic N) is 1. The lowest BCUT2D eigenvalue weighted by Crippen LogP contribution is -2.69. The van der Waals surface area contributed by atoms with Gasteiger partial charge in [-0.15, -0.1) is 10.1 Å². The minimum atomic E-state index is -2.47. The molecule has 3 fully saturated rings. The Morgan fingerprint density at radius 1 is 1.17 bits per heavy atom. The molecule has 0 unspecified atom stereocenters. The normalized spacial score (nSPS) is 38.3. The number of Topliss-reactive ketones (excluding diaryl/α,β-unsaturated/α-hetero) is 1. The highest BCUT2D eigenvalue weighted by atomic mass is 19.1. The molecule has 4 N–H and O–H groups in total. The lowest BCUT2D eigenvalue weighted by Gasteiger charge is -2.62. The Hall–Kier alpha value is -3.43. The second kappa shape index (κ2) is 11.3. The van der Waals surface area contributed by atoms with E-state index in [4.69, 9.17) is 9.47 Å². The Bertz CT molecular complexity index is 1220. The topological polar surface area (TPSA) is 212 Å². The first kappa shape index (κ1) is 31.5. The van der Waals surface area contributed by atoms with Gasteiger partial charge in [0.2, 0.25) is 5.78 Å². The van der Waals surface area contributed by atoms with Gasteiger partial charge < -0.3 is 34.9 Å². The first-order valence-corrected chi connectivity index (χ1v) is 13.7. The summed E-state index contributed by atoms with van der Waals surface area (Å²) >= 11 is 0. The molecular weight excluding hydrogens is 563 g/mol. The van der Waals surface area contributed by atoms with Crippen molar-refractivity contribution in [3.8, 4) is 0 Å². The molecule has 0 heterocycles. The number of aliphatic hydroxyl groups is 3. The average molecular weight is 599 g/mol. The van der Waals surface area contributed by atoms with Crippen molar-refractivity contribution >= 4 is 23.6 Å². The van der Waals surface area contributed by atoms with Gasteiger partial charge in [-0.25, -0.2) is 9.18 Å². The number of fused-ring (bicyclic) bond motifs is 5. The first-order chi connectivity index (χ1) is 19.6. The van der Waals surface area contributed by atoms with E-state index in [9.17, 15) is 44.6 Å². The maximum Gasteiger partial charge on any atom is 0.408 e. The Morgan fingerprint density at radius 2 is 1.88 bits per heavy atom. The van der Waals surface area contributed by atoms with E-state index in [1.54, 1.807) is 6.92 Å². The van der Waals surface area contributed by atoms with Crippen LogP contribution >= 0.6 is 0 Å². The van der Waals surface area contributed by atoms with Crippen molar-refractivity contribution in [2.75, 3.05) is 26.4 Å². The number of carbonyl (C=O) groups excluding carboxylic acids is 4. The molecule has 232 valence electrons. The van der Waals surface area contributed by atoms with E-state index in [0.717, 1.165) is 0 Å². The lowest BCUT2D eigenvalue weighted by molar-refractivity contribution is -0.757. The van der Waals surface area contributed by atoms with Crippen LogP contribution < -0.4 is 5.32 Å². The molecule has 4 aliphatic carbocycles. The van der Waals surface area contributed by atoms with E-state index in [1.165, 1.54) is 25.2 Å². The number of halogens is 1. The van der Waals surface area contributed by atoms with Gasteiger partial charge in [-0.3, -0.25) is 14.4 Å². The summed E-state index contributed by atoms with van der Waals surface area (Å²) in [6.45, 7) is 1.02. The fraction of sp³-hybridized carbons (Fsp3) is 0.704. The Morgan fingerprint density at radius 3 is 2.57 bits per heavy atom. The summed E-state index contributed by atoms with van der Waals surface area (Å²) < 4.78 is 26.8. The van der Waals surface area contributed by atoms with E-state index in [-0.39, 0.29) is 44.7 Å². The second-order valence-corrected chi connectivity index (χ2v) is 11.8. The SMILES string of the molecule is C[C@]12C=CC(=O)C=C1CC[C@H]1[C@@H]3C[C@@H](O)[C@](O)(C(=O)COC(=O)NCC(=O)OCCCO[N+](=O)[O-])[C@@]3(C)C[C@H](O)[C@@]12F. The molecule has 1 amide bonds. The largest absolute Gasteiger partial charge is 0.464 e. The summed E-state index contributed by atoms with van der Waals surface area (Å²) in [4.78, 5) is 63.2. The third kappa shape index (κ3) is 4.96. The quantitative estimate of drug-likeness (QED) is 0.117. The fourth-order valence-corrected chi connectivity index (χ4v) is 7.60. The molecule has 4 rings (SSSR count). The van der Waals surface area contributed by atoms with Gasteiger partial charge in [0, 0.05) is 23.2 Å². The smallest absolute Gasteiger partial charge is 0.408 e. The highest BCUT2D eigenvalue weighted by Crippen LogP contribution is 2.69. The molecule has 0 saturated heterocycles. The summed E-state index contributed by atoms with van der Waals surface area (Å²) in [6.07, 6.45) is -0.231. The summed E-state index contributed by atoms with van der Waals surface area (Å²) in [5.74, 6) is -3.78. The highest BCUT2D eigenvalue weighted by Gasteiger charge is 2.76. The molecule has 8 atom stereocenters. The maximum absolute atomic E-state index is 17.1. The number of alkyl carbamates (subject to hydrolysis) is 1. The van der Waals surface area contributed by atoms with E-state index in [1.807, 2.05) is 0 Å². The van der Waals surface area contributed by atoms with Crippen molar-refractivity contribution in [2.24, 2.45) is 22.7 Å². The summed E-state index contributed by atoms with van der Waals surface area (Å²) in [7, 11) is 0. The average Bonchev–Trinajstić information content (AvgIpc) is 3.12. The standard InChI is InChI=1S/C27H35FN2O12/c1-24-7-6-16(31)10-15(24)4-5-17-18-11-19(32)27(37,25(18,2)12-20(33)26(17,24)28)21(34)14-41-23(36)29-13-22(35)40-8-3-9-42-30(38)39/h6-7,10,17-20,32-33,37H,3-5,8-9,11-14H2,1-2H3,(H,29,36)/t17-,18-,19+,20-,24-,25-,26-,27-/m0/s1. The molecule has 0 aromatic carbocycles. The van der Waals surface area contributed by atoms with Gasteiger partial charge in [0.25, 0.3) is 5.09 Å². The van der Waals surface area contributed by atoms with E-state index >= 15 is 4.39 Å². The predicted octanol–water partition coefficient (Wildman–Crippen LogP) is 0.496. The van der Waals surface area contributed by atoms with Gasteiger partial charge in [-0.05, 0) is 50.7 Å². The van der Waals surface area contributed by atoms with Crippen molar-refractivity contribution in [3.05, 3.63) is 33.9 Å². The number of hydrogen-bond acceptors (Lipinski definition) is 12. The number of rotatable bonds is 10. The van der Waals surface area contributed by atoms with Crippen LogP contribution in [0.2, 0.25) is 0 Å². The fourth-order valence-electron chi connectivity index (χ4n) is 7.60. The van der Waals surface area contributed by atoms with Crippen LogP contribution in [0.3, 0.4) is 0 Å².